The minimum absolute atomic E-state index is 0.0642. The fourth-order valence-corrected chi connectivity index (χ4v) is 2.74. The number of benzene rings is 2. The number of aliphatic hydroxyl groups excluding tert-OH is 1. The molecule has 122 valence electrons. The van der Waals surface area contributed by atoms with Crippen LogP contribution in [0.5, 0.6) is 0 Å². The molecule has 1 amide bonds. The molecular formula is C18H19ClFNO2. The summed E-state index contributed by atoms with van der Waals surface area (Å²) in [7, 11) is 0. The predicted octanol–water partition coefficient (Wildman–Crippen LogP) is 3.76. The highest BCUT2D eigenvalue weighted by Crippen LogP contribution is 2.22. The quantitative estimate of drug-likeness (QED) is 0.844. The van der Waals surface area contributed by atoms with E-state index in [4.69, 9.17) is 11.6 Å². The highest BCUT2D eigenvalue weighted by Gasteiger charge is 2.19. The lowest BCUT2D eigenvalue weighted by Gasteiger charge is -2.20. The molecule has 2 aromatic rings. The second kappa shape index (κ2) is 8.09. The van der Waals surface area contributed by atoms with Gasteiger partial charge in [0.2, 0.25) is 0 Å². The van der Waals surface area contributed by atoms with E-state index < -0.39 is 17.8 Å². The third kappa shape index (κ3) is 4.78. The molecule has 0 radical (unpaired) electrons. The largest absolute Gasteiger partial charge is 0.393 e. The zero-order chi connectivity index (χ0) is 16.8. The van der Waals surface area contributed by atoms with E-state index in [1.807, 2.05) is 30.3 Å². The molecule has 2 rings (SSSR count). The zero-order valence-electron chi connectivity index (χ0n) is 12.8. The number of carbonyl (C=O) groups is 1. The number of carbonyl (C=O) groups excluding carboxylic acids is 1. The smallest absolute Gasteiger partial charge is 0.255 e. The van der Waals surface area contributed by atoms with Gasteiger partial charge in [0.05, 0.1) is 16.7 Å². The Morgan fingerprint density at radius 3 is 2.52 bits per heavy atom. The maximum absolute atomic E-state index is 13.8. The monoisotopic (exact) mass is 335 g/mol. The molecule has 0 bridgehead atoms. The number of amides is 1. The molecule has 0 saturated heterocycles. The molecule has 0 saturated carbocycles. The van der Waals surface area contributed by atoms with Crippen LogP contribution >= 0.6 is 11.6 Å². The van der Waals surface area contributed by atoms with E-state index in [1.165, 1.54) is 18.2 Å². The molecule has 23 heavy (non-hydrogen) atoms. The van der Waals surface area contributed by atoms with E-state index in [0.717, 1.165) is 5.56 Å². The minimum Gasteiger partial charge on any atom is -0.393 e. The van der Waals surface area contributed by atoms with E-state index in [9.17, 15) is 14.3 Å². The van der Waals surface area contributed by atoms with E-state index in [2.05, 4.69) is 5.32 Å². The first kappa shape index (κ1) is 17.4. The molecule has 3 nitrogen and oxygen atoms in total. The highest BCUT2D eigenvalue weighted by atomic mass is 35.5. The van der Waals surface area contributed by atoms with Gasteiger partial charge in [0.15, 0.2) is 0 Å². The summed E-state index contributed by atoms with van der Waals surface area (Å²) in [5.41, 5.74) is 0.853. The van der Waals surface area contributed by atoms with Gasteiger partial charge in [-0.1, -0.05) is 48.0 Å². The number of hydrogen-bond donors (Lipinski definition) is 2. The van der Waals surface area contributed by atoms with Crippen LogP contribution in [0.4, 0.5) is 4.39 Å². The number of halogens is 2. The predicted molar refractivity (Wildman–Crippen MR) is 89.2 cm³/mol. The van der Waals surface area contributed by atoms with Crippen molar-refractivity contribution >= 4 is 17.5 Å². The van der Waals surface area contributed by atoms with Gasteiger partial charge >= 0.3 is 0 Å². The third-order valence-corrected chi connectivity index (χ3v) is 3.91. The van der Waals surface area contributed by atoms with E-state index >= 15 is 0 Å². The standard InChI is InChI=1S/C18H19ClFNO2/c1-12(22)10-14(13-6-3-2-4-7-13)11-21-18(23)17-15(19)8-5-9-16(17)20/h2-9,12,14,22H,10-11H2,1H3,(H,21,23)/t12-,14-/m1/s1. The summed E-state index contributed by atoms with van der Waals surface area (Å²) in [5.74, 6) is -1.27. The summed E-state index contributed by atoms with van der Waals surface area (Å²) in [6, 6.07) is 13.7. The Morgan fingerprint density at radius 1 is 1.22 bits per heavy atom. The Bertz CT molecular complexity index is 641. The van der Waals surface area contributed by atoms with Gasteiger partial charge in [0, 0.05) is 12.5 Å². The molecule has 0 aliphatic heterocycles. The van der Waals surface area contributed by atoms with Crippen molar-refractivity contribution in [2.45, 2.75) is 25.4 Å². The van der Waals surface area contributed by atoms with Crippen molar-refractivity contribution in [3.63, 3.8) is 0 Å². The normalized spacial score (nSPS) is 13.4. The van der Waals surface area contributed by atoms with Crippen molar-refractivity contribution in [3.8, 4) is 0 Å². The molecule has 2 aromatic carbocycles. The van der Waals surface area contributed by atoms with Gasteiger partial charge in [-0.2, -0.15) is 0 Å². The van der Waals surface area contributed by atoms with E-state index in [0.29, 0.717) is 13.0 Å². The van der Waals surface area contributed by atoms with Gasteiger partial charge in [-0.3, -0.25) is 4.79 Å². The van der Waals surface area contributed by atoms with Crippen LogP contribution in [0.15, 0.2) is 48.5 Å². The maximum Gasteiger partial charge on any atom is 0.255 e. The molecule has 0 aromatic heterocycles. The topological polar surface area (TPSA) is 49.3 Å². The number of hydrogen-bond acceptors (Lipinski definition) is 2. The van der Waals surface area contributed by atoms with Gasteiger partial charge in [0.1, 0.15) is 5.82 Å². The van der Waals surface area contributed by atoms with Gasteiger partial charge in [0.25, 0.3) is 5.91 Å². The van der Waals surface area contributed by atoms with Gasteiger partial charge in [-0.25, -0.2) is 4.39 Å². The highest BCUT2D eigenvalue weighted by molar-refractivity contribution is 6.33. The fraction of sp³-hybridized carbons (Fsp3) is 0.278. The lowest BCUT2D eigenvalue weighted by atomic mass is 9.93. The van der Waals surface area contributed by atoms with Crippen LogP contribution in [0.25, 0.3) is 0 Å². The summed E-state index contributed by atoms with van der Waals surface area (Å²) in [6.45, 7) is 1.99. The zero-order valence-corrected chi connectivity index (χ0v) is 13.6. The van der Waals surface area contributed by atoms with Crippen LogP contribution in [0.1, 0.15) is 35.2 Å². The summed E-state index contributed by atoms with van der Waals surface area (Å²) in [5, 5.41) is 12.4. The van der Waals surface area contributed by atoms with Crippen molar-refractivity contribution in [3.05, 3.63) is 70.5 Å². The lowest BCUT2D eigenvalue weighted by molar-refractivity contribution is 0.0941. The van der Waals surface area contributed by atoms with Crippen LogP contribution < -0.4 is 5.32 Å². The third-order valence-electron chi connectivity index (χ3n) is 3.60. The summed E-state index contributed by atoms with van der Waals surface area (Å²) < 4.78 is 13.8. The van der Waals surface area contributed by atoms with E-state index in [-0.39, 0.29) is 16.5 Å². The van der Waals surface area contributed by atoms with Gasteiger partial charge < -0.3 is 10.4 Å². The molecule has 2 N–H and O–H groups in total. The number of rotatable bonds is 6. The van der Waals surface area contributed by atoms with Crippen LogP contribution in [-0.2, 0) is 0 Å². The Balaban J connectivity index is 2.11. The Hall–Kier alpha value is -1.91. The first-order valence-electron chi connectivity index (χ1n) is 7.44. The van der Waals surface area contributed by atoms with Gasteiger partial charge in [-0.05, 0) is 31.0 Å². The summed E-state index contributed by atoms with van der Waals surface area (Å²) in [4.78, 5) is 12.2. The molecule has 0 aliphatic carbocycles. The average molecular weight is 336 g/mol. The lowest BCUT2D eigenvalue weighted by Crippen LogP contribution is -2.30. The van der Waals surface area contributed by atoms with Crippen LogP contribution in [-0.4, -0.2) is 23.7 Å². The van der Waals surface area contributed by atoms with E-state index in [1.54, 1.807) is 6.92 Å². The minimum atomic E-state index is -0.651. The first-order chi connectivity index (χ1) is 11.0. The average Bonchev–Trinajstić information content (AvgIpc) is 2.51. The SMILES string of the molecule is C[C@@H](O)C[C@H](CNC(=O)c1c(F)cccc1Cl)c1ccccc1. The van der Waals surface area contributed by atoms with Crippen molar-refractivity contribution in [2.75, 3.05) is 6.54 Å². The van der Waals surface area contributed by atoms with Crippen molar-refractivity contribution in [1.29, 1.82) is 0 Å². The van der Waals surface area contributed by atoms with Crippen molar-refractivity contribution in [1.82, 2.24) is 5.32 Å². The second-order valence-electron chi connectivity index (χ2n) is 5.50. The molecule has 0 spiro atoms. The number of nitrogens with one attached hydrogen (secondary N) is 1. The number of aliphatic hydroxyl groups is 1. The first-order valence-corrected chi connectivity index (χ1v) is 7.82. The molecule has 0 heterocycles. The fourth-order valence-electron chi connectivity index (χ4n) is 2.49. The molecule has 0 fully saturated rings. The van der Waals surface area contributed by atoms with Crippen molar-refractivity contribution in [2.24, 2.45) is 0 Å². The molecule has 0 unspecified atom stereocenters. The maximum atomic E-state index is 13.8. The van der Waals surface area contributed by atoms with Crippen LogP contribution in [0.2, 0.25) is 5.02 Å². The Labute approximate surface area is 140 Å². The summed E-state index contributed by atoms with van der Waals surface area (Å²) >= 11 is 5.90. The molecular weight excluding hydrogens is 317 g/mol. The Kier molecular flexibility index (Phi) is 6.13. The Morgan fingerprint density at radius 2 is 1.91 bits per heavy atom. The van der Waals surface area contributed by atoms with Crippen LogP contribution in [0.3, 0.4) is 0 Å². The molecule has 2 atom stereocenters. The van der Waals surface area contributed by atoms with Crippen molar-refractivity contribution < 1.29 is 14.3 Å². The summed E-state index contributed by atoms with van der Waals surface area (Å²) in [6.07, 6.45) is -0.0101. The molecule has 0 aliphatic rings. The second-order valence-corrected chi connectivity index (χ2v) is 5.91. The molecule has 5 heteroatoms. The van der Waals surface area contributed by atoms with Crippen LogP contribution in [0, 0.1) is 5.82 Å². The van der Waals surface area contributed by atoms with Gasteiger partial charge in [-0.15, -0.1) is 0 Å².